The maximum atomic E-state index is 11.3. The van der Waals surface area contributed by atoms with Crippen LogP contribution in [-0.4, -0.2) is 18.7 Å². The van der Waals surface area contributed by atoms with Gasteiger partial charge < -0.3 is 0 Å². The first kappa shape index (κ1) is 10.6. The van der Waals surface area contributed by atoms with E-state index in [9.17, 15) is 13.2 Å². The molecule has 0 aliphatic carbocycles. The van der Waals surface area contributed by atoms with Gasteiger partial charge in [0, 0.05) is 5.56 Å². The van der Waals surface area contributed by atoms with Crippen LogP contribution in [0.1, 0.15) is 10.4 Å². The highest BCUT2D eigenvalue weighted by Gasteiger charge is 2.20. The maximum absolute atomic E-state index is 11.3. The number of hydrazine groups is 1. The van der Waals surface area contributed by atoms with Gasteiger partial charge in [0.05, 0.1) is 0 Å². The number of hydrogen-bond donors (Lipinski definition) is 2. The Labute approximate surface area is 81.3 Å². The standard InChI is InChI=1S/C7H9N3O3S/c8-10(14(9,12)13)7(11)6-4-2-1-3-5-6/h1-5H,8H2,(H2,9,12,13). The Kier molecular flexibility index (Phi) is 2.84. The fourth-order valence-electron chi connectivity index (χ4n) is 0.824. The summed E-state index contributed by atoms with van der Waals surface area (Å²) in [6.07, 6.45) is 0. The minimum absolute atomic E-state index is 0.00231. The summed E-state index contributed by atoms with van der Waals surface area (Å²) in [6, 6.07) is 7.74. The van der Waals surface area contributed by atoms with Crippen LogP contribution in [0.15, 0.2) is 30.3 Å². The van der Waals surface area contributed by atoms with Gasteiger partial charge in [-0.05, 0) is 12.1 Å². The molecule has 0 saturated carbocycles. The molecule has 0 spiro atoms. The predicted molar refractivity (Wildman–Crippen MR) is 49.9 cm³/mol. The van der Waals surface area contributed by atoms with E-state index in [2.05, 4.69) is 5.14 Å². The summed E-state index contributed by atoms with van der Waals surface area (Å²) in [5.41, 5.74) is 0.157. The van der Waals surface area contributed by atoms with Crippen molar-refractivity contribution in [1.82, 2.24) is 4.41 Å². The molecule has 0 radical (unpaired) electrons. The van der Waals surface area contributed by atoms with Gasteiger partial charge in [0.2, 0.25) is 0 Å². The molecule has 0 aliphatic heterocycles. The monoisotopic (exact) mass is 215 g/mol. The fraction of sp³-hybridized carbons (Fsp3) is 0. The van der Waals surface area contributed by atoms with Crippen molar-refractivity contribution in [2.45, 2.75) is 0 Å². The SMILES string of the molecule is NN(C(=O)c1ccccc1)S(N)(=O)=O. The molecule has 4 N–H and O–H groups in total. The highest BCUT2D eigenvalue weighted by molar-refractivity contribution is 7.87. The van der Waals surface area contributed by atoms with Crippen LogP contribution in [0.4, 0.5) is 0 Å². The molecule has 1 aromatic carbocycles. The molecule has 0 bridgehead atoms. The van der Waals surface area contributed by atoms with Crippen molar-refractivity contribution in [3.63, 3.8) is 0 Å². The number of hydrogen-bond acceptors (Lipinski definition) is 4. The van der Waals surface area contributed by atoms with Crippen LogP contribution in [0.25, 0.3) is 0 Å². The molecule has 0 aliphatic rings. The summed E-state index contributed by atoms with van der Waals surface area (Å²) in [5.74, 6) is 4.13. The van der Waals surface area contributed by atoms with E-state index in [1.807, 2.05) is 0 Å². The van der Waals surface area contributed by atoms with Crippen molar-refractivity contribution in [2.75, 3.05) is 0 Å². The Morgan fingerprint density at radius 2 is 1.71 bits per heavy atom. The van der Waals surface area contributed by atoms with E-state index >= 15 is 0 Å². The number of rotatable bonds is 2. The quantitative estimate of drug-likeness (QED) is 0.383. The highest BCUT2D eigenvalue weighted by Crippen LogP contribution is 2.02. The first-order chi connectivity index (χ1) is 6.43. The Morgan fingerprint density at radius 3 is 2.14 bits per heavy atom. The van der Waals surface area contributed by atoms with E-state index in [4.69, 9.17) is 5.84 Å². The lowest BCUT2D eigenvalue weighted by Gasteiger charge is -2.12. The van der Waals surface area contributed by atoms with Gasteiger partial charge in [-0.3, -0.25) is 4.79 Å². The zero-order valence-electron chi connectivity index (χ0n) is 7.12. The topological polar surface area (TPSA) is 106 Å². The zero-order valence-corrected chi connectivity index (χ0v) is 7.94. The lowest BCUT2D eigenvalue weighted by Crippen LogP contribution is -2.46. The molecule has 0 atom stereocenters. The smallest absolute Gasteiger partial charge is 0.266 e. The Hall–Kier alpha value is -1.44. The average molecular weight is 215 g/mol. The van der Waals surface area contributed by atoms with Crippen LogP contribution >= 0.6 is 0 Å². The van der Waals surface area contributed by atoms with Gasteiger partial charge in [-0.25, -0.2) is 11.0 Å². The van der Waals surface area contributed by atoms with E-state index in [0.717, 1.165) is 0 Å². The Morgan fingerprint density at radius 1 is 1.21 bits per heavy atom. The van der Waals surface area contributed by atoms with Crippen molar-refractivity contribution in [1.29, 1.82) is 0 Å². The molecule has 0 unspecified atom stereocenters. The summed E-state index contributed by atoms with van der Waals surface area (Å²) < 4.78 is 21.4. The molecule has 0 aromatic heterocycles. The predicted octanol–water partition coefficient (Wildman–Crippen LogP) is -0.794. The third-order valence-corrected chi connectivity index (χ3v) is 2.21. The Balaban J connectivity index is 2.99. The van der Waals surface area contributed by atoms with Gasteiger partial charge in [-0.1, -0.05) is 18.2 Å². The summed E-state index contributed by atoms with van der Waals surface area (Å²) in [4.78, 5) is 11.3. The van der Waals surface area contributed by atoms with Gasteiger partial charge in [-0.15, -0.1) is 0 Å². The third-order valence-electron chi connectivity index (χ3n) is 1.50. The van der Waals surface area contributed by atoms with Crippen LogP contribution in [0.3, 0.4) is 0 Å². The van der Waals surface area contributed by atoms with Crippen molar-refractivity contribution >= 4 is 16.1 Å². The molecule has 14 heavy (non-hydrogen) atoms. The zero-order chi connectivity index (χ0) is 10.8. The molecule has 76 valence electrons. The number of nitrogens with two attached hydrogens (primary N) is 2. The van der Waals surface area contributed by atoms with Crippen LogP contribution < -0.4 is 11.0 Å². The number of carbonyl (C=O) groups is 1. The summed E-state index contributed by atoms with van der Waals surface area (Å²) in [6.45, 7) is 0. The third kappa shape index (κ3) is 2.28. The average Bonchev–Trinajstić information content (AvgIpc) is 2.15. The van der Waals surface area contributed by atoms with E-state index in [1.165, 1.54) is 12.1 Å². The van der Waals surface area contributed by atoms with E-state index in [1.54, 1.807) is 18.2 Å². The van der Waals surface area contributed by atoms with E-state index in [0.29, 0.717) is 0 Å². The minimum atomic E-state index is -4.19. The Bertz CT molecular complexity index is 429. The van der Waals surface area contributed by atoms with E-state index < -0.39 is 16.1 Å². The molecule has 0 heterocycles. The molecule has 1 aromatic rings. The van der Waals surface area contributed by atoms with Crippen molar-refractivity contribution in [3.05, 3.63) is 35.9 Å². The van der Waals surface area contributed by atoms with Gasteiger partial charge >= 0.3 is 10.2 Å². The van der Waals surface area contributed by atoms with Gasteiger partial charge in [0.1, 0.15) is 0 Å². The van der Waals surface area contributed by atoms with Crippen LogP contribution in [-0.2, 0) is 10.2 Å². The van der Waals surface area contributed by atoms with Crippen molar-refractivity contribution in [2.24, 2.45) is 11.0 Å². The molecule has 6 nitrogen and oxygen atoms in total. The molecular weight excluding hydrogens is 206 g/mol. The summed E-state index contributed by atoms with van der Waals surface area (Å²) >= 11 is 0. The molecule has 7 heteroatoms. The summed E-state index contributed by atoms with van der Waals surface area (Å²) in [5, 5.41) is 4.67. The number of benzene rings is 1. The fourth-order valence-corrected chi connectivity index (χ4v) is 1.16. The van der Waals surface area contributed by atoms with E-state index in [-0.39, 0.29) is 9.98 Å². The van der Waals surface area contributed by atoms with Crippen molar-refractivity contribution in [3.8, 4) is 0 Å². The second-order valence-electron chi connectivity index (χ2n) is 2.51. The molecule has 0 saturated heterocycles. The lowest BCUT2D eigenvalue weighted by atomic mass is 10.2. The number of carbonyl (C=O) groups excluding carboxylic acids is 1. The molecule has 1 rings (SSSR count). The largest absolute Gasteiger partial charge is 0.315 e. The maximum Gasteiger partial charge on any atom is 0.315 e. The minimum Gasteiger partial charge on any atom is -0.266 e. The van der Waals surface area contributed by atoms with Gasteiger partial charge in [0.15, 0.2) is 0 Å². The molecular formula is C7H9N3O3S. The number of nitrogens with zero attached hydrogens (tertiary/aromatic N) is 1. The lowest BCUT2D eigenvalue weighted by molar-refractivity contribution is 0.0861. The number of amides is 1. The highest BCUT2D eigenvalue weighted by atomic mass is 32.2. The van der Waals surface area contributed by atoms with Crippen molar-refractivity contribution < 1.29 is 13.2 Å². The second kappa shape index (κ2) is 3.74. The van der Waals surface area contributed by atoms with Crippen LogP contribution in [0.5, 0.6) is 0 Å². The first-order valence-electron chi connectivity index (χ1n) is 3.60. The second-order valence-corrected chi connectivity index (χ2v) is 3.94. The molecule has 0 fully saturated rings. The van der Waals surface area contributed by atoms with Crippen LogP contribution in [0, 0.1) is 0 Å². The first-order valence-corrected chi connectivity index (χ1v) is 5.10. The van der Waals surface area contributed by atoms with Gasteiger partial charge in [-0.2, -0.15) is 12.8 Å². The summed E-state index contributed by atoms with van der Waals surface area (Å²) in [7, 11) is -4.19. The van der Waals surface area contributed by atoms with Gasteiger partial charge in [0.25, 0.3) is 5.91 Å². The normalized spacial score (nSPS) is 11.0. The molecule has 1 amide bonds. The van der Waals surface area contributed by atoms with Crippen LogP contribution in [0.2, 0.25) is 0 Å².